The van der Waals surface area contributed by atoms with Gasteiger partial charge in [0.1, 0.15) is 11.6 Å². The van der Waals surface area contributed by atoms with Gasteiger partial charge in [0.15, 0.2) is 5.16 Å². The number of nitrogens with zero attached hydrogens (tertiary/aromatic N) is 3. The van der Waals surface area contributed by atoms with Gasteiger partial charge in [-0.25, -0.2) is 9.97 Å². The van der Waals surface area contributed by atoms with E-state index in [0.29, 0.717) is 11.0 Å². The van der Waals surface area contributed by atoms with Gasteiger partial charge in [-0.05, 0) is 24.8 Å². The molecule has 0 saturated carbocycles. The molecule has 18 heavy (non-hydrogen) atoms. The topological polar surface area (TPSA) is 55.0 Å². The number of hydrogen-bond acceptors (Lipinski definition) is 5. The zero-order valence-corrected chi connectivity index (χ0v) is 11.5. The number of para-hydroxylation sites is 1. The third-order valence-electron chi connectivity index (χ3n) is 2.71. The number of anilines is 3. The van der Waals surface area contributed by atoms with E-state index < -0.39 is 0 Å². The summed E-state index contributed by atoms with van der Waals surface area (Å²) in [7, 11) is 1.98. The van der Waals surface area contributed by atoms with Crippen molar-refractivity contribution in [3.05, 3.63) is 35.9 Å². The summed E-state index contributed by atoms with van der Waals surface area (Å²) in [4.78, 5) is 10.6. The standard InChI is InChI=1S/C13H16N4S/c1-9-6-4-5-7-10(9)17(2)12-8-11(14)15-13(16-12)18-3/h4-8H,1-3H3,(H2,14,15,16). The number of aryl methyl sites for hydroxylation is 1. The highest BCUT2D eigenvalue weighted by Crippen LogP contribution is 2.27. The van der Waals surface area contributed by atoms with Crippen molar-refractivity contribution >= 4 is 29.1 Å². The van der Waals surface area contributed by atoms with Crippen LogP contribution in [0.15, 0.2) is 35.5 Å². The molecule has 0 atom stereocenters. The quantitative estimate of drug-likeness (QED) is 0.679. The van der Waals surface area contributed by atoms with Crippen LogP contribution in [0.5, 0.6) is 0 Å². The highest BCUT2D eigenvalue weighted by molar-refractivity contribution is 7.98. The van der Waals surface area contributed by atoms with Crippen LogP contribution in [0.25, 0.3) is 0 Å². The first-order chi connectivity index (χ1) is 8.61. The van der Waals surface area contributed by atoms with Crippen molar-refractivity contribution in [1.82, 2.24) is 9.97 Å². The Balaban J connectivity index is 2.43. The molecule has 0 aliphatic heterocycles. The summed E-state index contributed by atoms with van der Waals surface area (Å²) >= 11 is 1.49. The van der Waals surface area contributed by atoms with Crippen LogP contribution >= 0.6 is 11.8 Å². The Morgan fingerprint density at radius 1 is 1.22 bits per heavy atom. The van der Waals surface area contributed by atoms with Crippen molar-refractivity contribution in [3.8, 4) is 0 Å². The minimum absolute atomic E-state index is 0.491. The summed E-state index contributed by atoms with van der Waals surface area (Å²) in [6.07, 6.45) is 1.94. The minimum atomic E-state index is 0.491. The van der Waals surface area contributed by atoms with Crippen molar-refractivity contribution in [1.29, 1.82) is 0 Å². The monoisotopic (exact) mass is 260 g/mol. The number of hydrogen-bond donors (Lipinski definition) is 1. The number of nitrogens with two attached hydrogens (primary N) is 1. The number of benzene rings is 1. The van der Waals surface area contributed by atoms with Crippen LogP contribution in [0.4, 0.5) is 17.3 Å². The molecule has 0 spiro atoms. The van der Waals surface area contributed by atoms with Gasteiger partial charge in [0.25, 0.3) is 0 Å². The highest BCUT2D eigenvalue weighted by Gasteiger charge is 2.10. The molecule has 0 aliphatic carbocycles. The molecule has 94 valence electrons. The second kappa shape index (κ2) is 5.27. The van der Waals surface area contributed by atoms with Gasteiger partial charge in [0.05, 0.1) is 0 Å². The lowest BCUT2D eigenvalue weighted by Crippen LogP contribution is -2.13. The average Bonchev–Trinajstić information content (AvgIpc) is 2.37. The molecule has 0 amide bonds. The Labute approximate surface area is 111 Å². The molecule has 2 rings (SSSR count). The van der Waals surface area contributed by atoms with Gasteiger partial charge in [-0.15, -0.1) is 0 Å². The Kier molecular flexibility index (Phi) is 3.72. The SMILES string of the molecule is CSc1nc(N)cc(N(C)c2ccccc2C)n1. The number of thioether (sulfide) groups is 1. The van der Waals surface area contributed by atoms with Gasteiger partial charge in [0.2, 0.25) is 0 Å². The van der Waals surface area contributed by atoms with Gasteiger partial charge in [-0.1, -0.05) is 30.0 Å². The molecular formula is C13H16N4S. The second-order valence-corrected chi connectivity index (χ2v) is 4.76. The molecule has 2 N–H and O–H groups in total. The lowest BCUT2D eigenvalue weighted by Gasteiger charge is -2.20. The van der Waals surface area contributed by atoms with E-state index in [1.165, 1.54) is 17.3 Å². The van der Waals surface area contributed by atoms with Gasteiger partial charge in [-0.2, -0.15) is 0 Å². The van der Waals surface area contributed by atoms with E-state index in [1.54, 1.807) is 6.07 Å². The highest BCUT2D eigenvalue weighted by atomic mass is 32.2. The molecule has 1 aromatic heterocycles. The van der Waals surface area contributed by atoms with Crippen LogP contribution in [0.2, 0.25) is 0 Å². The van der Waals surface area contributed by atoms with E-state index in [1.807, 2.05) is 30.3 Å². The van der Waals surface area contributed by atoms with Crippen LogP contribution in [0.1, 0.15) is 5.56 Å². The van der Waals surface area contributed by atoms with Crippen LogP contribution in [0, 0.1) is 6.92 Å². The third-order valence-corrected chi connectivity index (χ3v) is 3.26. The number of rotatable bonds is 3. The Bertz CT molecular complexity index is 556. The molecule has 0 radical (unpaired) electrons. The lowest BCUT2D eigenvalue weighted by atomic mass is 10.2. The van der Waals surface area contributed by atoms with E-state index in [-0.39, 0.29) is 0 Å². The molecule has 0 unspecified atom stereocenters. The number of nitrogen functional groups attached to an aromatic ring is 1. The van der Waals surface area contributed by atoms with E-state index in [2.05, 4.69) is 29.0 Å². The summed E-state index contributed by atoms with van der Waals surface area (Å²) in [6, 6.07) is 9.96. The predicted octanol–water partition coefficient (Wildman–Crippen LogP) is 2.86. The van der Waals surface area contributed by atoms with Gasteiger partial charge >= 0.3 is 0 Å². The van der Waals surface area contributed by atoms with Crippen molar-refractivity contribution in [2.45, 2.75) is 12.1 Å². The fraction of sp³-hybridized carbons (Fsp3) is 0.231. The summed E-state index contributed by atoms with van der Waals surface area (Å²) in [6.45, 7) is 2.08. The van der Waals surface area contributed by atoms with Crippen LogP contribution < -0.4 is 10.6 Å². The maximum Gasteiger partial charge on any atom is 0.191 e. The summed E-state index contributed by atoms with van der Waals surface area (Å²) in [5, 5.41) is 0.686. The van der Waals surface area contributed by atoms with Gasteiger partial charge in [-0.3, -0.25) is 0 Å². The van der Waals surface area contributed by atoms with E-state index in [4.69, 9.17) is 5.73 Å². The van der Waals surface area contributed by atoms with E-state index in [9.17, 15) is 0 Å². The largest absolute Gasteiger partial charge is 0.383 e. The maximum absolute atomic E-state index is 5.80. The van der Waals surface area contributed by atoms with Crippen molar-refractivity contribution in [2.75, 3.05) is 23.9 Å². The molecule has 1 aromatic carbocycles. The Morgan fingerprint density at radius 2 is 1.94 bits per heavy atom. The molecule has 1 heterocycles. The second-order valence-electron chi connectivity index (χ2n) is 3.98. The first-order valence-electron chi connectivity index (χ1n) is 5.59. The normalized spacial score (nSPS) is 10.4. The van der Waals surface area contributed by atoms with Crippen molar-refractivity contribution < 1.29 is 0 Å². The smallest absolute Gasteiger partial charge is 0.191 e. The minimum Gasteiger partial charge on any atom is -0.383 e. The Morgan fingerprint density at radius 3 is 2.61 bits per heavy atom. The Hall–Kier alpha value is -1.75. The summed E-state index contributed by atoms with van der Waals surface area (Å²) in [5.41, 5.74) is 8.11. The van der Waals surface area contributed by atoms with Gasteiger partial charge in [0, 0.05) is 18.8 Å². The first-order valence-corrected chi connectivity index (χ1v) is 6.82. The van der Waals surface area contributed by atoms with E-state index in [0.717, 1.165) is 11.5 Å². The third kappa shape index (κ3) is 2.56. The molecular weight excluding hydrogens is 244 g/mol. The average molecular weight is 260 g/mol. The molecule has 5 heteroatoms. The molecule has 0 fully saturated rings. The summed E-state index contributed by atoms with van der Waals surface area (Å²) in [5.74, 6) is 1.30. The maximum atomic E-state index is 5.80. The molecule has 0 bridgehead atoms. The van der Waals surface area contributed by atoms with Crippen LogP contribution in [0.3, 0.4) is 0 Å². The lowest BCUT2D eigenvalue weighted by molar-refractivity contribution is 0.951. The fourth-order valence-corrected chi connectivity index (χ4v) is 2.14. The molecule has 2 aromatic rings. The first kappa shape index (κ1) is 12.7. The summed E-state index contributed by atoms with van der Waals surface area (Å²) < 4.78 is 0. The fourth-order valence-electron chi connectivity index (χ4n) is 1.76. The van der Waals surface area contributed by atoms with Gasteiger partial charge < -0.3 is 10.6 Å². The molecule has 0 aliphatic rings. The number of aromatic nitrogens is 2. The van der Waals surface area contributed by atoms with Crippen LogP contribution in [-0.4, -0.2) is 23.3 Å². The van der Waals surface area contributed by atoms with E-state index >= 15 is 0 Å². The van der Waals surface area contributed by atoms with Crippen molar-refractivity contribution in [2.24, 2.45) is 0 Å². The predicted molar refractivity (Wildman–Crippen MR) is 77.5 cm³/mol. The molecule has 0 saturated heterocycles. The van der Waals surface area contributed by atoms with Crippen molar-refractivity contribution in [3.63, 3.8) is 0 Å². The molecule has 4 nitrogen and oxygen atoms in total. The zero-order valence-electron chi connectivity index (χ0n) is 10.7. The van der Waals surface area contributed by atoms with Crippen LogP contribution in [-0.2, 0) is 0 Å². The zero-order chi connectivity index (χ0) is 13.1.